The molecule has 0 bridgehead atoms. The maximum Gasteiger partial charge on any atom is 0.300 e. The van der Waals surface area contributed by atoms with Gasteiger partial charge < -0.3 is 9.32 Å². The highest BCUT2D eigenvalue weighted by Crippen LogP contribution is 2.21. The molecule has 3 N–H and O–H groups in total. The molecule has 0 atom stereocenters. The summed E-state index contributed by atoms with van der Waals surface area (Å²) in [5.41, 5.74) is 3.15. The Kier molecular flexibility index (Phi) is 5.39. The first-order valence-corrected chi connectivity index (χ1v) is 7.58. The zero-order valence-corrected chi connectivity index (χ0v) is 13.2. The third-order valence-corrected chi connectivity index (χ3v) is 4.42. The van der Waals surface area contributed by atoms with Crippen LogP contribution in [0.5, 0.6) is 0 Å². The van der Waals surface area contributed by atoms with Crippen LogP contribution < -0.4 is 11.3 Å². The number of aryl methyl sites for hydroxylation is 1. The molecule has 1 aliphatic rings. The van der Waals surface area contributed by atoms with E-state index in [0.29, 0.717) is 6.04 Å². The molecule has 1 amide bonds. The number of rotatable bonds is 5. The van der Waals surface area contributed by atoms with E-state index in [4.69, 9.17) is 10.3 Å². The predicted molar refractivity (Wildman–Crippen MR) is 81.7 cm³/mol. The molecular weight excluding hydrogens is 268 g/mol. The second kappa shape index (κ2) is 7.06. The highest BCUT2D eigenvalue weighted by atomic mass is 16.4. The number of likely N-dealkylation sites (tertiary alicyclic amines) is 1. The Hall–Kier alpha value is -1.37. The summed E-state index contributed by atoms with van der Waals surface area (Å²) in [5, 5.41) is 0. The largest absolute Gasteiger partial charge is 0.456 e. The molecule has 1 fully saturated rings. The van der Waals surface area contributed by atoms with E-state index in [-0.39, 0.29) is 11.7 Å². The number of nitrogens with two attached hydrogens (primary N) is 1. The van der Waals surface area contributed by atoms with Crippen molar-refractivity contribution < 1.29 is 9.21 Å². The van der Waals surface area contributed by atoms with Crippen molar-refractivity contribution in [2.75, 3.05) is 26.7 Å². The zero-order chi connectivity index (χ0) is 15.4. The third-order valence-electron chi connectivity index (χ3n) is 4.42. The van der Waals surface area contributed by atoms with Crippen LogP contribution in [0.1, 0.15) is 41.6 Å². The number of nitrogens with one attached hydrogen (secondary N) is 1. The normalized spacial score (nSPS) is 17.4. The van der Waals surface area contributed by atoms with Crippen molar-refractivity contribution in [1.29, 1.82) is 0 Å². The lowest BCUT2D eigenvalue weighted by Gasteiger charge is -2.36. The van der Waals surface area contributed by atoms with E-state index in [1.807, 2.05) is 6.92 Å². The molecule has 2 heterocycles. The molecular formula is C15H26N4O2. The van der Waals surface area contributed by atoms with Gasteiger partial charge in [0.15, 0.2) is 5.76 Å². The Morgan fingerprint density at radius 3 is 2.76 bits per heavy atom. The summed E-state index contributed by atoms with van der Waals surface area (Å²) in [5.74, 6) is 5.81. The lowest BCUT2D eigenvalue weighted by molar-refractivity contribution is 0.0924. The lowest BCUT2D eigenvalue weighted by Crippen LogP contribution is -2.42. The maximum absolute atomic E-state index is 11.5. The first-order chi connectivity index (χ1) is 10.0. The van der Waals surface area contributed by atoms with Crippen molar-refractivity contribution in [1.82, 2.24) is 15.2 Å². The highest BCUT2D eigenvalue weighted by molar-refractivity contribution is 5.91. The molecule has 1 aliphatic heterocycles. The molecule has 118 valence electrons. The van der Waals surface area contributed by atoms with Gasteiger partial charge in [-0.15, -0.1) is 0 Å². The van der Waals surface area contributed by atoms with E-state index in [1.165, 1.54) is 12.8 Å². The molecule has 0 radical (unpaired) electrons. The van der Waals surface area contributed by atoms with Gasteiger partial charge in [-0.2, -0.15) is 0 Å². The van der Waals surface area contributed by atoms with Gasteiger partial charge in [0.1, 0.15) is 5.76 Å². The van der Waals surface area contributed by atoms with Gasteiger partial charge in [-0.25, -0.2) is 5.84 Å². The van der Waals surface area contributed by atoms with Crippen LogP contribution in [-0.4, -0.2) is 48.4 Å². The van der Waals surface area contributed by atoms with Gasteiger partial charge >= 0.3 is 5.91 Å². The van der Waals surface area contributed by atoms with Gasteiger partial charge in [0, 0.05) is 18.2 Å². The van der Waals surface area contributed by atoms with Gasteiger partial charge in [-0.05, 0) is 52.5 Å². The van der Waals surface area contributed by atoms with Crippen molar-refractivity contribution in [3.8, 4) is 0 Å². The van der Waals surface area contributed by atoms with E-state index in [0.717, 1.165) is 37.5 Å². The number of hydrazine groups is 1. The van der Waals surface area contributed by atoms with E-state index in [9.17, 15) is 4.79 Å². The van der Waals surface area contributed by atoms with Crippen LogP contribution in [0.2, 0.25) is 0 Å². The molecule has 0 aliphatic carbocycles. The Morgan fingerprint density at radius 2 is 2.19 bits per heavy atom. The molecule has 1 saturated heterocycles. The van der Waals surface area contributed by atoms with Crippen molar-refractivity contribution in [2.24, 2.45) is 5.84 Å². The van der Waals surface area contributed by atoms with Crippen LogP contribution in [0.3, 0.4) is 0 Å². The fourth-order valence-corrected chi connectivity index (χ4v) is 2.93. The number of amides is 1. The summed E-state index contributed by atoms with van der Waals surface area (Å²) in [6.45, 7) is 8.35. The molecule has 0 spiro atoms. The summed E-state index contributed by atoms with van der Waals surface area (Å²) < 4.78 is 5.46. The van der Waals surface area contributed by atoms with Crippen LogP contribution >= 0.6 is 0 Å². The number of piperidine rings is 1. The Balaban J connectivity index is 1.95. The van der Waals surface area contributed by atoms with E-state index in [2.05, 4.69) is 29.2 Å². The average Bonchev–Trinajstić information content (AvgIpc) is 2.87. The van der Waals surface area contributed by atoms with Crippen molar-refractivity contribution in [3.63, 3.8) is 0 Å². The van der Waals surface area contributed by atoms with E-state index in [1.54, 1.807) is 6.07 Å². The summed E-state index contributed by atoms with van der Waals surface area (Å²) in [6.07, 6.45) is 2.38. The number of carbonyl (C=O) groups excluding carboxylic acids is 1. The first-order valence-electron chi connectivity index (χ1n) is 7.58. The smallest absolute Gasteiger partial charge is 0.300 e. The highest BCUT2D eigenvalue weighted by Gasteiger charge is 2.23. The Labute approximate surface area is 126 Å². The number of nitrogens with zero attached hydrogens (tertiary/aromatic N) is 2. The number of hydrogen-bond acceptors (Lipinski definition) is 5. The van der Waals surface area contributed by atoms with Gasteiger partial charge in [-0.3, -0.25) is 15.1 Å². The van der Waals surface area contributed by atoms with E-state index >= 15 is 0 Å². The second-order valence-electron chi connectivity index (χ2n) is 5.75. The monoisotopic (exact) mass is 294 g/mol. The second-order valence-corrected chi connectivity index (χ2v) is 5.75. The number of furan rings is 1. The van der Waals surface area contributed by atoms with Crippen LogP contribution in [0.15, 0.2) is 10.5 Å². The van der Waals surface area contributed by atoms with Crippen molar-refractivity contribution in [3.05, 3.63) is 23.2 Å². The predicted octanol–water partition coefficient (Wildman–Crippen LogP) is 1.11. The molecule has 1 aromatic heterocycles. The van der Waals surface area contributed by atoms with Crippen molar-refractivity contribution in [2.45, 2.75) is 39.3 Å². The molecule has 2 rings (SSSR count). The molecule has 6 heteroatoms. The van der Waals surface area contributed by atoms with Gasteiger partial charge in [0.25, 0.3) is 0 Å². The summed E-state index contributed by atoms with van der Waals surface area (Å²) in [6, 6.07) is 2.38. The van der Waals surface area contributed by atoms with Crippen LogP contribution in [0.4, 0.5) is 0 Å². The lowest BCUT2D eigenvalue weighted by atomic mass is 10.0. The zero-order valence-electron chi connectivity index (χ0n) is 13.2. The van der Waals surface area contributed by atoms with Gasteiger partial charge in [0.05, 0.1) is 0 Å². The third kappa shape index (κ3) is 3.84. The molecule has 0 aromatic carbocycles. The molecule has 0 unspecified atom stereocenters. The first kappa shape index (κ1) is 16.0. The van der Waals surface area contributed by atoms with Crippen molar-refractivity contribution >= 4 is 5.91 Å². The fourth-order valence-electron chi connectivity index (χ4n) is 2.93. The minimum Gasteiger partial charge on any atom is -0.456 e. The summed E-state index contributed by atoms with van der Waals surface area (Å²) >= 11 is 0. The van der Waals surface area contributed by atoms with Gasteiger partial charge in [0.2, 0.25) is 0 Å². The minimum atomic E-state index is -0.386. The van der Waals surface area contributed by atoms with Crippen LogP contribution in [0.25, 0.3) is 0 Å². The molecule has 0 saturated carbocycles. The van der Waals surface area contributed by atoms with E-state index < -0.39 is 0 Å². The minimum absolute atomic E-state index is 0.277. The SMILES string of the molecule is CCN1CCC(N(C)Cc2cc(C(=O)NN)oc2C)CC1. The standard InChI is InChI=1S/C15H26N4O2/c1-4-19-7-5-13(6-8-19)18(3)10-12-9-14(15(20)17-16)21-11(12)2/h9,13H,4-8,10,16H2,1-3H3,(H,17,20). The number of hydrogen-bond donors (Lipinski definition) is 2. The quantitative estimate of drug-likeness (QED) is 0.483. The molecule has 21 heavy (non-hydrogen) atoms. The molecule has 1 aromatic rings. The van der Waals surface area contributed by atoms with Crippen LogP contribution in [0, 0.1) is 6.92 Å². The van der Waals surface area contributed by atoms with Crippen LogP contribution in [-0.2, 0) is 6.54 Å². The Morgan fingerprint density at radius 1 is 1.52 bits per heavy atom. The number of nitrogen functional groups attached to an aromatic ring is 1. The topological polar surface area (TPSA) is 74.7 Å². The number of carbonyl (C=O) groups is 1. The molecule has 6 nitrogen and oxygen atoms in total. The fraction of sp³-hybridized carbons (Fsp3) is 0.667. The van der Waals surface area contributed by atoms with Gasteiger partial charge in [-0.1, -0.05) is 6.92 Å². The Bertz CT molecular complexity index is 478. The summed E-state index contributed by atoms with van der Waals surface area (Å²) in [4.78, 5) is 16.3. The maximum atomic E-state index is 11.5. The summed E-state index contributed by atoms with van der Waals surface area (Å²) in [7, 11) is 2.14. The average molecular weight is 294 g/mol.